The molecule has 96 valence electrons. The van der Waals surface area contributed by atoms with Gasteiger partial charge >= 0.3 is 0 Å². The minimum Gasteiger partial charge on any atom is -0.458 e. The number of nitrogens with zero attached hydrogens (tertiary/aromatic N) is 2. The Morgan fingerprint density at radius 1 is 1.50 bits per heavy atom. The number of carbonyl (C=O) groups is 1. The summed E-state index contributed by atoms with van der Waals surface area (Å²) in [6, 6.07) is 3.53. The Balaban J connectivity index is 2.21. The molecule has 4 nitrogen and oxygen atoms in total. The fraction of sp³-hybridized carbons (Fsp3) is 0.385. The predicted molar refractivity (Wildman–Crippen MR) is 69.1 cm³/mol. The SMILES string of the molecule is CCc1ccc(C(=O)Cc2c(Cl)c(C)nn2C)o1. The molecule has 0 aliphatic rings. The molecule has 0 amide bonds. The lowest BCUT2D eigenvalue weighted by Gasteiger charge is -2.00. The van der Waals surface area contributed by atoms with E-state index >= 15 is 0 Å². The molecule has 0 N–H and O–H groups in total. The van der Waals surface area contributed by atoms with E-state index in [1.54, 1.807) is 17.8 Å². The van der Waals surface area contributed by atoms with Crippen LogP contribution >= 0.6 is 11.6 Å². The fourth-order valence-electron chi connectivity index (χ4n) is 1.83. The van der Waals surface area contributed by atoms with Crippen molar-refractivity contribution in [1.82, 2.24) is 9.78 Å². The highest BCUT2D eigenvalue weighted by Crippen LogP contribution is 2.21. The van der Waals surface area contributed by atoms with Crippen LogP contribution in [0.5, 0.6) is 0 Å². The van der Waals surface area contributed by atoms with Gasteiger partial charge < -0.3 is 4.42 Å². The number of ketones is 1. The maximum absolute atomic E-state index is 12.1. The van der Waals surface area contributed by atoms with Gasteiger partial charge in [0, 0.05) is 13.5 Å². The van der Waals surface area contributed by atoms with E-state index in [4.69, 9.17) is 16.0 Å². The summed E-state index contributed by atoms with van der Waals surface area (Å²) < 4.78 is 7.07. The van der Waals surface area contributed by atoms with Crippen LogP contribution < -0.4 is 0 Å². The molecule has 18 heavy (non-hydrogen) atoms. The summed E-state index contributed by atoms with van der Waals surface area (Å²) in [6.45, 7) is 3.80. The van der Waals surface area contributed by atoms with Crippen LogP contribution in [0.25, 0.3) is 0 Å². The van der Waals surface area contributed by atoms with Crippen LogP contribution in [0.1, 0.15) is 34.6 Å². The van der Waals surface area contributed by atoms with E-state index in [2.05, 4.69) is 5.10 Å². The lowest BCUT2D eigenvalue weighted by Crippen LogP contribution is -2.07. The van der Waals surface area contributed by atoms with E-state index in [-0.39, 0.29) is 12.2 Å². The maximum atomic E-state index is 12.1. The minimum absolute atomic E-state index is 0.0837. The largest absolute Gasteiger partial charge is 0.458 e. The Bertz CT molecular complexity index is 584. The lowest BCUT2D eigenvalue weighted by molar-refractivity contribution is 0.0962. The Morgan fingerprint density at radius 3 is 2.72 bits per heavy atom. The molecule has 2 aromatic heterocycles. The lowest BCUT2D eigenvalue weighted by atomic mass is 10.1. The summed E-state index contributed by atoms with van der Waals surface area (Å²) in [6.07, 6.45) is 0.978. The molecule has 0 fully saturated rings. The van der Waals surface area contributed by atoms with E-state index in [9.17, 15) is 4.79 Å². The fourth-order valence-corrected chi connectivity index (χ4v) is 2.06. The monoisotopic (exact) mass is 266 g/mol. The molecule has 0 spiro atoms. The van der Waals surface area contributed by atoms with Gasteiger partial charge in [-0.2, -0.15) is 5.10 Å². The highest BCUT2D eigenvalue weighted by molar-refractivity contribution is 6.32. The molecular formula is C13H15ClN2O2. The predicted octanol–water partition coefficient (Wildman–Crippen LogP) is 2.96. The first-order chi connectivity index (χ1) is 8.52. The van der Waals surface area contributed by atoms with E-state index < -0.39 is 0 Å². The first-order valence-electron chi connectivity index (χ1n) is 5.82. The third-order valence-electron chi connectivity index (χ3n) is 2.87. The average Bonchev–Trinajstić information content (AvgIpc) is 2.90. The van der Waals surface area contributed by atoms with E-state index in [1.807, 2.05) is 19.9 Å². The molecule has 0 saturated carbocycles. The van der Waals surface area contributed by atoms with Gasteiger partial charge in [0.15, 0.2) is 5.76 Å². The summed E-state index contributed by atoms with van der Waals surface area (Å²) >= 11 is 6.11. The second kappa shape index (κ2) is 4.98. The van der Waals surface area contributed by atoms with Crippen molar-refractivity contribution in [3.63, 3.8) is 0 Å². The highest BCUT2D eigenvalue weighted by Gasteiger charge is 2.18. The Labute approximate surface area is 111 Å². The van der Waals surface area contributed by atoms with Crippen LogP contribution in [0.2, 0.25) is 5.02 Å². The van der Waals surface area contributed by atoms with Crippen molar-refractivity contribution in [1.29, 1.82) is 0 Å². The van der Waals surface area contributed by atoms with Gasteiger partial charge in [0.1, 0.15) is 5.76 Å². The molecule has 2 aromatic rings. The zero-order chi connectivity index (χ0) is 13.3. The number of halogens is 1. The number of rotatable bonds is 4. The third kappa shape index (κ3) is 2.34. The zero-order valence-electron chi connectivity index (χ0n) is 10.7. The Morgan fingerprint density at radius 2 is 2.22 bits per heavy atom. The summed E-state index contributed by atoms with van der Waals surface area (Å²) in [5.41, 5.74) is 1.45. The van der Waals surface area contributed by atoms with Crippen molar-refractivity contribution >= 4 is 17.4 Å². The first-order valence-corrected chi connectivity index (χ1v) is 6.20. The number of aryl methyl sites for hydroxylation is 3. The molecule has 0 bridgehead atoms. The topological polar surface area (TPSA) is 48.0 Å². The second-order valence-corrected chi connectivity index (χ2v) is 4.57. The van der Waals surface area contributed by atoms with Crippen LogP contribution in [0.3, 0.4) is 0 Å². The molecule has 5 heteroatoms. The van der Waals surface area contributed by atoms with Crippen LogP contribution in [-0.4, -0.2) is 15.6 Å². The van der Waals surface area contributed by atoms with Crippen LogP contribution in [0.4, 0.5) is 0 Å². The number of hydrogen-bond acceptors (Lipinski definition) is 3. The summed E-state index contributed by atoms with van der Waals surface area (Å²) in [7, 11) is 1.78. The van der Waals surface area contributed by atoms with Crippen LogP contribution in [-0.2, 0) is 19.9 Å². The number of aromatic nitrogens is 2. The third-order valence-corrected chi connectivity index (χ3v) is 3.37. The number of Topliss-reactive ketones (excluding diaryl/α,β-unsaturated/α-hetero) is 1. The van der Waals surface area contributed by atoms with E-state index in [0.29, 0.717) is 16.5 Å². The average molecular weight is 267 g/mol. The summed E-state index contributed by atoms with van der Waals surface area (Å²) in [5.74, 6) is 1.10. The smallest absolute Gasteiger partial charge is 0.203 e. The molecule has 0 aliphatic heterocycles. The number of carbonyl (C=O) groups excluding carboxylic acids is 1. The van der Waals surface area contributed by atoms with Crippen molar-refractivity contribution in [3.05, 3.63) is 40.1 Å². The van der Waals surface area contributed by atoms with Gasteiger partial charge in [0.2, 0.25) is 5.78 Å². The zero-order valence-corrected chi connectivity index (χ0v) is 11.4. The molecule has 0 saturated heterocycles. The van der Waals surface area contributed by atoms with Gasteiger partial charge in [0.25, 0.3) is 0 Å². The van der Waals surface area contributed by atoms with E-state index in [1.165, 1.54) is 0 Å². The summed E-state index contributed by atoms with van der Waals surface area (Å²) in [4.78, 5) is 12.1. The van der Waals surface area contributed by atoms with Gasteiger partial charge in [-0.3, -0.25) is 9.48 Å². The maximum Gasteiger partial charge on any atom is 0.203 e. The van der Waals surface area contributed by atoms with Crippen molar-refractivity contribution in [3.8, 4) is 0 Å². The molecule has 0 aromatic carbocycles. The normalized spacial score (nSPS) is 10.9. The van der Waals surface area contributed by atoms with E-state index in [0.717, 1.165) is 17.9 Å². The van der Waals surface area contributed by atoms with Crippen molar-refractivity contribution in [2.24, 2.45) is 7.05 Å². The Hall–Kier alpha value is -1.55. The molecule has 2 rings (SSSR count). The van der Waals surface area contributed by atoms with Gasteiger partial charge in [-0.05, 0) is 19.1 Å². The minimum atomic E-state index is -0.0837. The first kappa shape index (κ1) is 12.9. The molecule has 0 atom stereocenters. The van der Waals surface area contributed by atoms with Crippen molar-refractivity contribution in [2.75, 3.05) is 0 Å². The van der Waals surface area contributed by atoms with Gasteiger partial charge in [-0.15, -0.1) is 0 Å². The molecule has 0 unspecified atom stereocenters. The van der Waals surface area contributed by atoms with Crippen molar-refractivity contribution < 1.29 is 9.21 Å². The number of furan rings is 1. The van der Waals surface area contributed by atoms with Crippen LogP contribution in [0.15, 0.2) is 16.5 Å². The van der Waals surface area contributed by atoms with Gasteiger partial charge in [-0.25, -0.2) is 0 Å². The molecular weight excluding hydrogens is 252 g/mol. The molecule has 0 aliphatic carbocycles. The Kier molecular flexibility index (Phi) is 3.57. The second-order valence-electron chi connectivity index (χ2n) is 4.19. The highest BCUT2D eigenvalue weighted by atomic mass is 35.5. The number of hydrogen-bond donors (Lipinski definition) is 0. The molecule has 0 radical (unpaired) electrons. The van der Waals surface area contributed by atoms with Gasteiger partial charge in [-0.1, -0.05) is 18.5 Å². The van der Waals surface area contributed by atoms with Gasteiger partial charge in [0.05, 0.1) is 22.8 Å². The molecule has 2 heterocycles. The van der Waals surface area contributed by atoms with Crippen molar-refractivity contribution in [2.45, 2.75) is 26.7 Å². The standard InChI is InChI=1S/C13H15ClN2O2/c1-4-9-5-6-12(18-9)11(17)7-10-13(14)8(2)15-16(10)3/h5-6H,4,7H2,1-3H3. The van der Waals surface area contributed by atoms with Crippen LogP contribution in [0, 0.1) is 6.92 Å². The quantitative estimate of drug-likeness (QED) is 0.800. The summed E-state index contributed by atoms with van der Waals surface area (Å²) in [5, 5.41) is 4.73.